The van der Waals surface area contributed by atoms with Crippen molar-refractivity contribution in [3.8, 4) is 0 Å². The number of carbonyl (C=O) groups is 1. The summed E-state index contributed by atoms with van der Waals surface area (Å²) in [6.07, 6.45) is 0. The molecule has 1 unspecified atom stereocenters. The maximum atomic E-state index is 12.0. The second kappa shape index (κ2) is 5.75. The van der Waals surface area contributed by atoms with E-state index in [1.54, 1.807) is 0 Å². The molecule has 0 N–H and O–H groups in total. The molecule has 88 valence electrons. The summed E-state index contributed by atoms with van der Waals surface area (Å²) in [5, 5.41) is -0.141. The third kappa shape index (κ3) is 3.38. The number of nitrogens with zero attached hydrogens (tertiary/aromatic N) is 2. The van der Waals surface area contributed by atoms with Gasteiger partial charge in [0.25, 0.3) is 0 Å². The van der Waals surface area contributed by atoms with Crippen molar-refractivity contribution in [3.05, 3.63) is 0 Å². The van der Waals surface area contributed by atoms with Gasteiger partial charge in [0.2, 0.25) is 5.91 Å². The minimum absolute atomic E-state index is 0.141. The number of likely N-dealkylation sites (N-methyl/N-ethyl adjacent to an activating group) is 1. The van der Waals surface area contributed by atoms with Gasteiger partial charge in [-0.2, -0.15) is 12.6 Å². The average Bonchev–Trinajstić information content (AvgIpc) is 2.27. The van der Waals surface area contributed by atoms with Gasteiger partial charge in [-0.3, -0.25) is 4.79 Å². The summed E-state index contributed by atoms with van der Waals surface area (Å²) in [5.74, 6) is 0.508. The minimum atomic E-state index is -0.141. The molecule has 1 atom stereocenters. The molecular weight excluding hydrogens is 208 g/mol. The van der Waals surface area contributed by atoms with Crippen molar-refractivity contribution in [2.45, 2.75) is 26.0 Å². The van der Waals surface area contributed by atoms with Gasteiger partial charge in [-0.05, 0) is 12.5 Å². The lowest BCUT2D eigenvalue weighted by atomic mass is 10.1. The van der Waals surface area contributed by atoms with Crippen LogP contribution in [0.5, 0.6) is 0 Å². The summed E-state index contributed by atoms with van der Waals surface area (Å²) in [6.45, 7) is 11.0. The lowest BCUT2D eigenvalue weighted by molar-refractivity contribution is -0.133. The Bertz CT molecular complexity index is 213. The summed E-state index contributed by atoms with van der Waals surface area (Å²) in [5.41, 5.74) is 0. The fourth-order valence-electron chi connectivity index (χ4n) is 1.76. The van der Waals surface area contributed by atoms with Crippen LogP contribution in [-0.4, -0.2) is 53.7 Å². The number of amides is 1. The van der Waals surface area contributed by atoms with E-state index >= 15 is 0 Å². The lowest BCUT2D eigenvalue weighted by Crippen LogP contribution is -2.51. The number of hydrogen-bond acceptors (Lipinski definition) is 3. The normalized spacial score (nSPS) is 20.7. The zero-order valence-electron chi connectivity index (χ0n) is 9.94. The lowest BCUT2D eigenvalue weighted by Gasteiger charge is -2.35. The van der Waals surface area contributed by atoms with Crippen molar-refractivity contribution >= 4 is 18.5 Å². The Kier molecular flexibility index (Phi) is 4.93. The van der Waals surface area contributed by atoms with Gasteiger partial charge >= 0.3 is 0 Å². The van der Waals surface area contributed by atoms with Gasteiger partial charge < -0.3 is 9.80 Å². The summed E-state index contributed by atoms with van der Waals surface area (Å²) < 4.78 is 0. The van der Waals surface area contributed by atoms with Gasteiger partial charge in [0.05, 0.1) is 5.25 Å². The van der Waals surface area contributed by atoms with E-state index in [4.69, 9.17) is 0 Å². The van der Waals surface area contributed by atoms with Crippen molar-refractivity contribution in [1.82, 2.24) is 9.80 Å². The van der Waals surface area contributed by atoms with Crippen molar-refractivity contribution in [1.29, 1.82) is 0 Å². The van der Waals surface area contributed by atoms with Crippen LogP contribution in [0, 0.1) is 5.92 Å². The van der Waals surface area contributed by atoms with Crippen molar-refractivity contribution in [3.63, 3.8) is 0 Å². The number of piperazine rings is 1. The maximum Gasteiger partial charge on any atom is 0.235 e. The van der Waals surface area contributed by atoms with Gasteiger partial charge in [0, 0.05) is 26.2 Å². The molecule has 1 heterocycles. The minimum Gasteiger partial charge on any atom is -0.339 e. The van der Waals surface area contributed by atoms with E-state index in [0.29, 0.717) is 5.92 Å². The highest BCUT2D eigenvalue weighted by Gasteiger charge is 2.26. The Morgan fingerprint density at radius 1 is 1.27 bits per heavy atom. The van der Waals surface area contributed by atoms with Gasteiger partial charge in [0.1, 0.15) is 0 Å². The van der Waals surface area contributed by atoms with Crippen LogP contribution in [0.15, 0.2) is 0 Å². The molecule has 0 aliphatic carbocycles. The zero-order chi connectivity index (χ0) is 11.4. The zero-order valence-corrected chi connectivity index (χ0v) is 10.8. The fraction of sp³-hybridized carbons (Fsp3) is 0.909. The molecular formula is C11H22N2OS. The SMILES string of the molecule is CCN1CCN(C(=O)C(S)C(C)C)CC1. The Hall–Kier alpha value is -0.220. The molecule has 1 aliphatic rings. The number of thiol groups is 1. The molecule has 1 saturated heterocycles. The van der Waals surface area contributed by atoms with Gasteiger partial charge in [-0.25, -0.2) is 0 Å². The van der Waals surface area contributed by atoms with E-state index in [1.807, 2.05) is 18.7 Å². The van der Waals surface area contributed by atoms with E-state index in [9.17, 15) is 4.79 Å². The highest BCUT2D eigenvalue weighted by molar-refractivity contribution is 7.81. The van der Waals surface area contributed by atoms with Gasteiger partial charge in [0.15, 0.2) is 0 Å². The highest BCUT2D eigenvalue weighted by atomic mass is 32.1. The standard InChI is InChI=1S/C11H22N2OS/c1-4-12-5-7-13(8-6-12)11(14)10(15)9(2)3/h9-10,15H,4-8H2,1-3H3. The van der Waals surface area contributed by atoms with Crippen LogP contribution in [0.4, 0.5) is 0 Å². The summed E-state index contributed by atoms with van der Waals surface area (Å²) in [6, 6.07) is 0. The first-order valence-corrected chi connectivity index (χ1v) is 6.27. The molecule has 0 spiro atoms. The van der Waals surface area contributed by atoms with Crippen LogP contribution in [0.25, 0.3) is 0 Å². The topological polar surface area (TPSA) is 23.6 Å². The molecule has 1 aliphatic heterocycles. The van der Waals surface area contributed by atoms with E-state index in [1.165, 1.54) is 0 Å². The third-order valence-electron chi connectivity index (χ3n) is 3.02. The smallest absolute Gasteiger partial charge is 0.235 e. The van der Waals surface area contributed by atoms with Crippen LogP contribution in [0.2, 0.25) is 0 Å². The van der Waals surface area contributed by atoms with Crippen molar-refractivity contribution in [2.24, 2.45) is 5.92 Å². The maximum absolute atomic E-state index is 12.0. The summed E-state index contributed by atoms with van der Waals surface area (Å²) >= 11 is 4.37. The molecule has 0 radical (unpaired) electrons. The molecule has 0 bridgehead atoms. The number of carbonyl (C=O) groups excluding carboxylic acids is 1. The van der Waals surface area contributed by atoms with Crippen LogP contribution in [0.3, 0.4) is 0 Å². The van der Waals surface area contributed by atoms with Crippen LogP contribution in [0.1, 0.15) is 20.8 Å². The Balaban J connectivity index is 2.42. The molecule has 1 fully saturated rings. The average molecular weight is 230 g/mol. The first-order valence-electron chi connectivity index (χ1n) is 5.75. The van der Waals surface area contributed by atoms with E-state index in [2.05, 4.69) is 24.5 Å². The van der Waals surface area contributed by atoms with E-state index in [-0.39, 0.29) is 11.2 Å². The van der Waals surface area contributed by atoms with Crippen molar-refractivity contribution in [2.75, 3.05) is 32.7 Å². The van der Waals surface area contributed by atoms with Crippen LogP contribution >= 0.6 is 12.6 Å². The Morgan fingerprint density at radius 3 is 2.20 bits per heavy atom. The molecule has 0 aromatic rings. The molecule has 0 aromatic carbocycles. The molecule has 15 heavy (non-hydrogen) atoms. The molecule has 4 heteroatoms. The quantitative estimate of drug-likeness (QED) is 0.734. The largest absolute Gasteiger partial charge is 0.339 e. The molecule has 0 aromatic heterocycles. The Labute approximate surface area is 98.2 Å². The molecule has 1 amide bonds. The molecule has 1 rings (SSSR count). The number of hydrogen-bond donors (Lipinski definition) is 1. The summed E-state index contributed by atoms with van der Waals surface area (Å²) in [4.78, 5) is 16.3. The van der Waals surface area contributed by atoms with Crippen LogP contribution in [-0.2, 0) is 4.79 Å². The second-order valence-corrected chi connectivity index (χ2v) is 5.00. The van der Waals surface area contributed by atoms with Crippen molar-refractivity contribution < 1.29 is 4.79 Å². The third-order valence-corrected chi connectivity index (χ3v) is 3.83. The second-order valence-electron chi connectivity index (χ2n) is 4.45. The Morgan fingerprint density at radius 2 is 1.80 bits per heavy atom. The first kappa shape index (κ1) is 12.8. The monoisotopic (exact) mass is 230 g/mol. The fourth-order valence-corrected chi connectivity index (χ4v) is 1.92. The predicted molar refractivity (Wildman–Crippen MR) is 66.3 cm³/mol. The number of rotatable bonds is 3. The van der Waals surface area contributed by atoms with Gasteiger partial charge in [-0.1, -0.05) is 20.8 Å². The first-order chi connectivity index (χ1) is 7.06. The van der Waals surface area contributed by atoms with E-state index < -0.39 is 0 Å². The molecule has 3 nitrogen and oxygen atoms in total. The van der Waals surface area contributed by atoms with E-state index in [0.717, 1.165) is 32.7 Å². The summed E-state index contributed by atoms with van der Waals surface area (Å²) in [7, 11) is 0. The highest BCUT2D eigenvalue weighted by Crippen LogP contribution is 2.13. The predicted octanol–water partition coefficient (Wildman–Crippen LogP) is 1.10. The molecule has 0 saturated carbocycles. The van der Waals surface area contributed by atoms with Crippen LogP contribution < -0.4 is 0 Å². The van der Waals surface area contributed by atoms with Gasteiger partial charge in [-0.15, -0.1) is 0 Å².